The molecule has 0 heterocycles. The van der Waals surface area contributed by atoms with Gasteiger partial charge in [-0.1, -0.05) is 12.1 Å². The highest BCUT2D eigenvalue weighted by Gasteiger charge is 1.93. The van der Waals surface area contributed by atoms with Gasteiger partial charge in [0.15, 0.2) is 0 Å². The molecule has 0 saturated heterocycles. The first-order valence-electron chi connectivity index (χ1n) is 4.09. The topological polar surface area (TPSA) is 29.4 Å². The van der Waals surface area contributed by atoms with Crippen LogP contribution < -0.4 is 0 Å². The summed E-state index contributed by atoms with van der Waals surface area (Å²) in [6.45, 7) is -0.297. The van der Waals surface area contributed by atoms with Crippen LogP contribution in [0.1, 0.15) is 12.0 Å². The zero-order chi connectivity index (χ0) is 9.52. The Morgan fingerprint density at radius 2 is 2.00 bits per heavy atom. The molecule has 0 saturated carbocycles. The molecule has 68 valence electrons. The second-order valence-electron chi connectivity index (χ2n) is 2.66. The molecule has 0 radical (unpaired) electrons. The van der Waals surface area contributed by atoms with E-state index < -0.39 is 0 Å². The van der Waals surface area contributed by atoms with Gasteiger partial charge >= 0.3 is 0 Å². The monoisotopic (exact) mass is 179 g/mol. The lowest BCUT2D eigenvalue weighted by molar-refractivity contribution is 0.473. The van der Waals surface area contributed by atoms with Gasteiger partial charge in [0, 0.05) is 0 Å². The number of aliphatic imine (C=N–C) groups is 1. The molecule has 2 nitrogen and oxygen atoms in total. The molecule has 0 aliphatic heterocycles. The summed E-state index contributed by atoms with van der Waals surface area (Å²) in [7, 11) is 0. The standard InChI is InChI=1S/C10H10FNO/c11-7-1-2-9-3-5-10(6-4-9)12-8-13/h3-6H,1-2,7H2. The number of aryl methyl sites for hydroxylation is 1. The van der Waals surface area contributed by atoms with Gasteiger partial charge in [0.2, 0.25) is 6.08 Å². The Balaban J connectivity index is 2.63. The fourth-order valence-corrected chi connectivity index (χ4v) is 1.06. The number of hydrogen-bond donors (Lipinski definition) is 0. The molecule has 0 aliphatic carbocycles. The van der Waals surface area contributed by atoms with E-state index in [1.165, 1.54) is 6.08 Å². The number of isocyanates is 1. The van der Waals surface area contributed by atoms with Gasteiger partial charge in [0.05, 0.1) is 12.4 Å². The van der Waals surface area contributed by atoms with E-state index in [1.807, 2.05) is 12.1 Å². The minimum absolute atomic E-state index is 0.297. The van der Waals surface area contributed by atoms with Crippen molar-refractivity contribution in [2.24, 2.45) is 4.99 Å². The number of rotatable bonds is 4. The van der Waals surface area contributed by atoms with Crippen LogP contribution in [0.4, 0.5) is 10.1 Å². The molecule has 0 aromatic heterocycles. The van der Waals surface area contributed by atoms with Crippen LogP contribution in [0.15, 0.2) is 29.3 Å². The van der Waals surface area contributed by atoms with E-state index in [4.69, 9.17) is 0 Å². The van der Waals surface area contributed by atoms with Crippen molar-refractivity contribution in [1.82, 2.24) is 0 Å². The molecule has 0 fully saturated rings. The van der Waals surface area contributed by atoms with Gasteiger partial charge in [-0.05, 0) is 30.5 Å². The number of benzene rings is 1. The maximum Gasteiger partial charge on any atom is 0.240 e. The molecule has 13 heavy (non-hydrogen) atoms. The normalized spacial score (nSPS) is 9.31. The van der Waals surface area contributed by atoms with Crippen LogP contribution in [0.2, 0.25) is 0 Å². The Bertz CT molecular complexity index is 301. The average Bonchev–Trinajstić information content (AvgIpc) is 2.17. The van der Waals surface area contributed by atoms with Gasteiger partial charge in [-0.2, -0.15) is 4.99 Å². The second kappa shape index (κ2) is 5.22. The highest BCUT2D eigenvalue weighted by Crippen LogP contribution is 2.13. The Morgan fingerprint density at radius 3 is 2.54 bits per heavy atom. The van der Waals surface area contributed by atoms with Gasteiger partial charge in [0.1, 0.15) is 0 Å². The summed E-state index contributed by atoms with van der Waals surface area (Å²) in [5.41, 5.74) is 1.64. The Labute approximate surface area is 76.1 Å². The summed E-state index contributed by atoms with van der Waals surface area (Å²) in [4.78, 5) is 13.3. The maximum absolute atomic E-state index is 11.8. The number of hydrogen-bond acceptors (Lipinski definition) is 2. The quantitative estimate of drug-likeness (QED) is 0.516. The third-order valence-electron chi connectivity index (χ3n) is 1.71. The number of halogens is 1. The number of alkyl halides is 1. The first-order chi connectivity index (χ1) is 6.36. The number of carbonyl (C=O) groups excluding carboxylic acids is 1. The van der Waals surface area contributed by atoms with Crippen molar-refractivity contribution in [1.29, 1.82) is 0 Å². The van der Waals surface area contributed by atoms with Crippen LogP contribution in [0.3, 0.4) is 0 Å². The molecule has 0 spiro atoms. The van der Waals surface area contributed by atoms with Gasteiger partial charge in [-0.15, -0.1) is 0 Å². The van der Waals surface area contributed by atoms with Gasteiger partial charge in [-0.3, -0.25) is 4.39 Å². The summed E-state index contributed by atoms with van der Waals surface area (Å²) < 4.78 is 11.8. The molecule has 3 heteroatoms. The lowest BCUT2D eigenvalue weighted by atomic mass is 10.1. The molecule has 0 bridgehead atoms. The smallest absolute Gasteiger partial charge is 0.240 e. The van der Waals surface area contributed by atoms with Gasteiger partial charge in [0.25, 0.3) is 0 Å². The van der Waals surface area contributed by atoms with E-state index in [1.54, 1.807) is 12.1 Å². The predicted octanol–water partition coefficient (Wildman–Crippen LogP) is 2.56. The molecule has 0 aliphatic rings. The highest BCUT2D eigenvalue weighted by atomic mass is 19.1. The molecule has 0 amide bonds. The van der Waals surface area contributed by atoms with E-state index in [0.717, 1.165) is 12.0 Å². The largest absolute Gasteiger partial charge is 0.251 e. The van der Waals surface area contributed by atoms with E-state index in [9.17, 15) is 9.18 Å². The minimum atomic E-state index is -0.297. The Kier molecular flexibility index (Phi) is 3.86. The molecular weight excluding hydrogens is 169 g/mol. The lowest BCUT2D eigenvalue weighted by Gasteiger charge is -1.97. The Morgan fingerprint density at radius 1 is 1.31 bits per heavy atom. The van der Waals surface area contributed by atoms with Crippen LogP contribution in [0.25, 0.3) is 0 Å². The molecule has 0 N–H and O–H groups in total. The van der Waals surface area contributed by atoms with Crippen LogP contribution in [-0.4, -0.2) is 12.8 Å². The molecular formula is C10H10FNO. The number of nitrogens with zero attached hydrogens (tertiary/aromatic N) is 1. The van der Waals surface area contributed by atoms with Gasteiger partial charge < -0.3 is 0 Å². The van der Waals surface area contributed by atoms with Gasteiger partial charge in [-0.25, -0.2) is 4.79 Å². The minimum Gasteiger partial charge on any atom is -0.251 e. The maximum atomic E-state index is 11.8. The van der Waals surface area contributed by atoms with Crippen molar-refractivity contribution in [2.45, 2.75) is 12.8 Å². The van der Waals surface area contributed by atoms with Crippen LogP contribution >= 0.6 is 0 Å². The molecule has 1 aromatic rings. The molecule has 0 atom stereocenters. The summed E-state index contributed by atoms with van der Waals surface area (Å²) in [5.74, 6) is 0. The van der Waals surface area contributed by atoms with Crippen molar-refractivity contribution < 1.29 is 9.18 Å². The zero-order valence-electron chi connectivity index (χ0n) is 7.16. The predicted molar refractivity (Wildman–Crippen MR) is 48.5 cm³/mol. The lowest BCUT2D eigenvalue weighted by Crippen LogP contribution is -1.85. The average molecular weight is 179 g/mol. The van der Waals surface area contributed by atoms with E-state index in [2.05, 4.69) is 4.99 Å². The first kappa shape index (κ1) is 9.62. The fraction of sp³-hybridized carbons (Fsp3) is 0.300. The highest BCUT2D eigenvalue weighted by molar-refractivity contribution is 5.49. The SMILES string of the molecule is O=C=Nc1ccc(CCCF)cc1. The van der Waals surface area contributed by atoms with E-state index in [-0.39, 0.29) is 6.67 Å². The summed E-state index contributed by atoms with van der Waals surface area (Å²) in [5, 5.41) is 0. The summed E-state index contributed by atoms with van der Waals surface area (Å²) in [6, 6.07) is 7.12. The van der Waals surface area contributed by atoms with Crippen LogP contribution in [-0.2, 0) is 11.2 Å². The molecule has 0 unspecified atom stereocenters. The van der Waals surface area contributed by atoms with Crippen molar-refractivity contribution in [3.05, 3.63) is 29.8 Å². The molecule has 1 aromatic carbocycles. The first-order valence-corrected chi connectivity index (χ1v) is 4.09. The fourth-order valence-electron chi connectivity index (χ4n) is 1.06. The molecule has 1 rings (SSSR count). The van der Waals surface area contributed by atoms with E-state index in [0.29, 0.717) is 12.1 Å². The third-order valence-corrected chi connectivity index (χ3v) is 1.71. The zero-order valence-corrected chi connectivity index (χ0v) is 7.16. The van der Waals surface area contributed by atoms with Crippen molar-refractivity contribution in [3.8, 4) is 0 Å². The van der Waals surface area contributed by atoms with Crippen molar-refractivity contribution in [3.63, 3.8) is 0 Å². The van der Waals surface area contributed by atoms with Crippen molar-refractivity contribution in [2.75, 3.05) is 6.67 Å². The third kappa shape index (κ3) is 3.18. The summed E-state index contributed by atoms with van der Waals surface area (Å²) in [6.07, 6.45) is 2.72. The second-order valence-corrected chi connectivity index (χ2v) is 2.66. The van der Waals surface area contributed by atoms with Crippen LogP contribution in [0.5, 0.6) is 0 Å². The Hall–Kier alpha value is -1.47. The van der Waals surface area contributed by atoms with E-state index >= 15 is 0 Å². The van der Waals surface area contributed by atoms with Crippen LogP contribution in [0, 0.1) is 0 Å². The summed E-state index contributed by atoms with van der Waals surface area (Å²) >= 11 is 0. The van der Waals surface area contributed by atoms with Crippen molar-refractivity contribution >= 4 is 11.8 Å².